The van der Waals surface area contributed by atoms with Gasteiger partial charge in [0.15, 0.2) is 0 Å². The number of pyridine rings is 1. The summed E-state index contributed by atoms with van der Waals surface area (Å²) in [6.07, 6.45) is 3.61. The molecular weight excluding hydrogens is 424 g/mol. The summed E-state index contributed by atoms with van der Waals surface area (Å²) < 4.78 is 34.0. The predicted molar refractivity (Wildman–Crippen MR) is 123 cm³/mol. The highest BCUT2D eigenvalue weighted by Crippen LogP contribution is 2.26. The number of aromatic nitrogens is 3. The fraction of sp³-hybridized carbons (Fsp3) is 0.208. The number of nitrogens with zero attached hydrogens (tertiary/aromatic N) is 3. The van der Waals surface area contributed by atoms with Crippen molar-refractivity contribution in [2.75, 3.05) is 4.72 Å². The van der Waals surface area contributed by atoms with Crippen LogP contribution in [0.5, 0.6) is 0 Å². The molecule has 0 atom stereocenters. The van der Waals surface area contributed by atoms with E-state index in [1.165, 1.54) is 0 Å². The first-order chi connectivity index (χ1) is 15.2. The highest BCUT2D eigenvalue weighted by Gasteiger charge is 2.19. The second-order valence-corrected chi connectivity index (χ2v) is 10.1. The maximum Gasteiger partial charge on any atom is 0.261 e. The number of hydrogen-bond donors (Lipinski definition) is 1. The fourth-order valence-electron chi connectivity index (χ4n) is 3.21. The van der Waals surface area contributed by atoms with Crippen LogP contribution in [0.1, 0.15) is 37.8 Å². The molecule has 4 rings (SSSR count). The first-order valence-corrected chi connectivity index (χ1v) is 11.6. The molecule has 1 N–H and O–H groups in total. The molecule has 2 aromatic heterocycles. The lowest BCUT2D eigenvalue weighted by Gasteiger charge is -2.19. The standard InChI is InChI=1S/C24H24N4O3S/c1-24(2,3)19-10-12-20(13-11-19)32(29,30)28-21-9-5-4-7-17(21)15-22-26-23(27-31-22)18-8-6-14-25-16-18/h4-14,16,28H,15H2,1-3H3. The van der Waals surface area contributed by atoms with Gasteiger partial charge in [-0.1, -0.05) is 56.3 Å². The summed E-state index contributed by atoms with van der Waals surface area (Å²) in [4.78, 5) is 8.67. The van der Waals surface area contributed by atoms with Crippen LogP contribution in [0.3, 0.4) is 0 Å². The van der Waals surface area contributed by atoms with Gasteiger partial charge in [-0.05, 0) is 46.9 Å². The van der Waals surface area contributed by atoms with E-state index in [4.69, 9.17) is 4.52 Å². The number of anilines is 1. The molecule has 2 heterocycles. The Kier molecular flexibility index (Phi) is 5.80. The van der Waals surface area contributed by atoms with Crippen molar-refractivity contribution in [1.82, 2.24) is 15.1 Å². The highest BCUT2D eigenvalue weighted by atomic mass is 32.2. The molecule has 0 aliphatic rings. The molecule has 0 fully saturated rings. The Morgan fingerprint density at radius 3 is 2.41 bits per heavy atom. The Hall–Kier alpha value is -3.52. The van der Waals surface area contributed by atoms with Crippen molar-refractivity contribution >= 4 is 15.7 Å². The maximum absolute atomic E-state index is 13.0. The maximum atomic E-state index is 13.0. The molecule has 7 nitrogen and oxygen atoms in total. The normalized spacial score (nSPS) is 12.0. The lowest BCUT2D eigenvalue weighted by molar-refractivity contribution is 0.386. The van der Waals surface area contributed by atoms with Crippen LogP contribution < -0.4 is 4.72 Å². The predicted octanol–water partition coefficient (Wildman–Crippen LogP) is 4.82. The number of rotatable bonds is 6. The van der Waals surface area contributed by atoms with Crippen molar-refractivity contribution in [2.24, 2.45) is 0 Å². The van der Waals surface area contributed by atoms with Crippen LogP contribution in [0.15, 0.2) is 82.5 Å². The van der Waals surface area contributed by atoms with Gasteiger partial charge in [-0.25, -0.2) is 8.42 Å². The molecule has 4 aromatic rings. The second kappa shape index (κ2) is 8.55. The van der Waals surface area contributed by atoms with Crippen molar-refractivity contribution < 1.29 is 12.9 Å². The molecule has 2 aromatic carbocycles. The smallest absolute Gasteiger partial charge is 0.261 e. The van der Waals surface area contributed by atoms with Gasteiger partial charge < -0.3 is 4.52 Å². The zero-order chi connectivity index (χ0) is 22.8. The summed E-state index contributed by atoms with van der Waals surface area (Å²) in [6, 6.07) is 17.7. The average molecular weight is 449 g/mol. The van der Waals surface area contributed by atoms with Crippen molar-refractivity contribution in [3.05, 3.63) is 90.1 Å². The Labute approximate surface area is 187 Å². The first-order valence-electron chi connectivity index (χ1n) is 10.2. The summed E-state index contributed by atoms with van der Waals surface area (Å²) in [5.74, 6) is 0.815. The minimum Gasteiger partial charge on any atom is -0.339 e. The SMILES string of the molecule is CC(C)(C)c1ccc(S(=O)(=O)Nc2ccccc2Cc2nc(-c3cccnc3)no2)cc1. The van der Waals surface area contributed by atoms with Crippen molar-refractivity contribution in [1.29, 1.82) is 0 Å². The van der Waals surface area contributed by atoms with E-state index in [0.717, 1.165) is 16.7 Å². The van der Waals surface area contributed by atoms with Gasteiger partial charge in [0, 0.05) is 18.0 Å². The van der Waals surface area contributed by atoms with E-state index in [1.807, 2.05) is 30.3 Å². The Morgan fingerprint density at radius 1 is 0.969 bits per heavy atom. The number of nitrogens with one attached hydrogen (secondary N) is 1. The largest absolute Gasteiger partial charge is 0.339 e. The van der Waals surface area contributed by atoms with Gasteiger partial charge in [0.2, 0.25) is 11.7 Å². The van der Waals surface area contributed by atoms with Crippen LogP contribution in [0.4, 0.5) is 5.69 Å². The van der Waals surface area contributed by atoms with Crippen LogP contribution in [0.2, 0.25) is 0 Å². The molecule has 0 aliphatic heterocycles. The van der Waals surface area contributed by atoms with Gasteiger partial charge in [-0.3, -0.25) is 9.71 Å². The Morgan fingerprint density at radius 2 is 1.72 bits per heavy atom. The third-order valence-electron chi connectivity index (χ3n) is 5.02. The molecule has 8 heteroatoms. The number of hydrogen-bond acceptors (Lipinski definition) is 6. The van der Waals surface area contributed by atoms with E-state index < -0.39 is 10.0 Å². The Balaban J connectivity index is 1.56. The van der Waals surface area contributed by atoms with Crippen LogP contribution in [0, 0.1) is 0 Å². The summed E-state index contributed by atoms with van der Waals surface area (Å²) in [6.45, 7) is 6.26. The molecule has 32 heavy (non-hydrogen) atoms. The lowest BCUT2D eigenvalue weighted by atomic mass is 9.87. The average Bonchev–Trinajstić information content (AvgIpc) is 3.24. The van der Waals surface area contributed by atoms with Crippen molar-refractivity contribution in [3.8, 4) is 11.4 Å². The van der Waals surface area contributed by atoms with Gasteiger partial charge in [0.1, 0.15) is 0 Å². The van der Waals surface area contributed by atoms with Gasteiger partial charge in [-0.15, -0.1) is 0 Å². The van der Waals surface area contributed by atoms with Gasteiger partial charge >= 0.3 is 0 Å². The lowest BCUT2D eigenvalue weighted by Crippen LogP contribution is -2.15. The second-order valence-electron chi connectivity index (χ2n) is 8.47. The molecule has 0 amide bonds. The van der Waals surface area contributed by atoms with Crippen LogP contribution in [0.25, 0.3) is 11.4 Å². The number of benzene rings is 2. The molecule has 0 aliphatic carbocycles. The minimum atomic E-state index is -3.75. The summed E-state index contributed by atoms with van der Waals surface area (Å²) in [5, 5.41) is 4.00. The molecule has 0 unspecified atom stereocenters. The zero-order valence-electron chi connectivity index (χ0n) is 18.1. The number of para-hydroxylation sites is 1. The van der Waals surface area contributed by atoms with Gasteiger partial charge in [0.05, 0.1) is 17.0 Å². The van der Waals surface area contributed by atoms with Crippen molar-refractivity contribution in [3.63, 3.8) is 0 Å². The quantitative estimate of drug-likeness (QED) is 0.454. The fourth-order valence-corrected chi connectivity index (χ4v) is 4.31. The van der Waals surface area contributed by atoms with E-state index in [9.17, 15) is 8.42 Å². The molecule has 0 saturated heterocycles. The zero-order valence-corrected chi connectivity index (χ0v) is 18.9. The van der Waals surface area contributed by atoms with E-state index in [-0.39, 0.29) is 16.7 Å². The van der Waals surface area contributed by atoms with Gasteiger partial charge in [-0.2, -0.15) is 4.98 Å². The molecule has 0 saturated carbocycles. The van der Waals surface area contributed by atoms with Crippen LogP contribution in [-0.2, 0) is 21.9 Å². The topological polar surface area (TPSA) is 98.0 Å². The van der Waals surface area contributed by atoms with E-state index in [1.54, 1.807) is 42.7 Å². The molecule has 0 spiro atoms. The Bertz CT molecular complexity index is 1310. The first kappa shape index (κ1) is 21.7. The van der Waals surface area contributed by atoms with Gasteiger partial charge in [0.25, 0.3) is 10.0 Å². The molecular formula is C24H24N4O3S. The summed E-state index contributed by atoms with van der Waals surface area (Å²) in [5.41, 5.74) is 2.95. The summed E-state index contributed by atoms with van der Waals surface area (Å²) >= 11 is 0. The monoisotopic (exact) mass is 448 g/mol. The molecule has 0 bridgehead atoms. The van der Waals surface area contributed by atoms with E-state index in [2.05, 4.69) is 40.6 Å². The molecule has 0 radical (unpaired) electrons. The highest BCUT2D eigenvalue weighted by molar-refractivity contribution is 7.92. The van der Waals surface area contributed by atoms with Crippen molar-refractivity contribution in [2.45, 2.75) is 37.5 Å². The third kappa shape index (κ3) is 4.86. The molecule has 164 valence electrons. The third-order valence-corrected chi connectivity index (χ3v) is 6.40. The van der Waals surface area contributed by atoms with Crippen LogP contribution >= 0.6 is 0 Å². The van der Waals surface area contributed by atoms with E-state index >= 15 is 0 Å². The van der Waals surface area contributed by atoms with Crippen LogP contribution in [-0.4, -0.2) is 23.5 Å². The van der Waals surface area contributed by atoms with E-state index in [0.29, 0.717) is 17.4 Å². The number of sulfonamides is 1. The minimum absolute atomic E-state index is 0.0545. The summed E-state index contributed by atoms with van der Waals surface area (Å²) in [7, 11) is -3.75.